The molecule has 1 aromatic rings. The molecule has 2 rings (SSSR count). The smallest absolute Gasteiger partial charge is 0.339 e. The molecule has 0 radical (unpaired) electrons. The van der Waals surface area contributed by atoms with Crippen molar-refractivity contribution in [2.75, 3.05) is 7.11 Å². The van der Waals surface area contributed by atoms with E-state index in [1.165, 1.54) is 12.7 Å². The van der Waals surface area contributed by atoms with Crippen LogP contribution in [0.3, 0.4) is 0 Å². The Morgan fingerprint density at radius 1 is 1.32 bits per heavy atom. The highest BCUT2D eigenvalue weighted by atomic mass is 16.5. The molecule has 116 valence electrons. The van der Waals surface area contributed by atoms with Gasteiger partial charge in [0.15, 0.2) is 0 Å². The number of methoxy groups -OCH3 is 1. The fourth-order valence-corrected chi connectivity index (χ4v) is 2.38. The molecule has 3 heteroatoms. The van der Waals surface area contributed by atoms with Crippen molar-refractivity contribution in [1.29, 1.82) is 0 Å². The molecule has 0 amide bonds. The number of allylic oxidation sites excluding steroid dienone is 1. The highest BCUT2D eigenvalue weighted by molar-refractivity contribution is 5.91. The third-order valence-electron chi connectivity index (χ3n) is 3.58. The highest BCUT2D eigenvalue weighted by Gasteiger charge is 2.18. The summed E-state index contributed by atoms with van der Waals surface area (Å²) in [6.45, 7) is 2.92. The van der Waals surface area contributed by atoms with E-state index in [9.17, 15) is 4.79 Å². The summed E-state index contributed by atoms with van der Waals surface area (Å²) in [6.07, 6.45) is 12.4. The van der Waals surface area contributed by atoms with Gasteiger partial charge in [0.1, 0.15) is 0 Å². The van der Waals surface area contributed by atoms with Crippen molar-refractivity contribution < 1.29 is 9.53 Å². The minimum Gasteiger partial charge on any atom is -0.465 e. The Bertz CT molecular complexity index is 572. The maximum Gasteiger partial charge on any atom is 0.339 e. The molecule has 0 bridgehead atoms. The number of benzene rings is 1. The van der Waals surface area contributed by atoms with E-state index in [2.05, 4.69) is 36.1 Å². The van der Waals surface area contributed by atoms with E-state index >= 15 is 0 Å². The number of nitrogens with zero attached hydrogens (tertiary/aromatic N) is 1. The van der Waals surface area contributed by atoms with E-state index in [0.717, 1.165) is 19.4 Å². The van der Waals surface area contributed by atoms with Gasteiger partial charge in [0.05, 0.1) is 18.7 Å². The van der Waals surface area contributed by atoms with Crippen molar-refractivity contribution in [2.45, 2.75) is 32.4 Å². The molecule has 0 aromatic heterocycles. The molecule has 0 unspecified atom stereocenters. The lowest BCUT2D eigenvalue weighted by Gasteiger charge is -2.30. The van der Waals surface area contributed by atoms with Crippen LogP contribution in [0.1, 0.15) is 25.3 Å². The molecular weight excluding hydrogens is 274 g/mol. The lowest BCUT2D eigenvalue weighted by molar-refractivity contribution is -0.135. The monoisotopic (exact) mass is 297 g/mol. The van der Waals surface area contributed by atoms with Crippen molar-refractivity contribution in [2.24, 2.45) is 0 Å². The number of unbranched alkanes of at least 4 members (excludes halogenated alkanes) is 1. The second-order valence-electron chi connectivity index (χ2n) is 5.30. The average Bonchev–Trinajstić information content (AvgIpc) is 2.56. The lowest BCUT2D eigenvalue weighted by Crippen LogP contribution is -2.30. The Morgan fingerprint density at radius 2 is 2.09 bits per heavy atom. The number of carbonyl (C=O) groups excluding carboxylic acids is 1. The summed E-state index contributed by atoms with van der Waals surface area (Å²) in [5, 5.41) is 0. The van der Waals surface area contributed by atoms with Crippen molar-refractivity contribution in [1.82, 2.24) is 4.90 Å². The van der Waals surface area contributed by atoms with Crippen LogP contribution in [0.5, 0.6) is 0 Å². The molecule has 1 atom stereocenters. The summed E-state index contributed by atoms with van der Waals surface area (Å²) in [5.41, 5.74) is 1.80. The average molecular weight is 297 g/mol. The van der Waals surface area contributed by atoms with E-state index < -0.39 is 0 Å². The number of esters is 1. The predicted octanol–water partition coefficient (Wildman–Crippen LogP) is 3.84. The van der Waals surface area contributed by atoms with Crippen LogP contribution >= 0.6 is 0 Å². The molecule has 0 aliphatic carbocycles. The first-order valence-electron chi connectivity index (χ1n) is 7.69. The summed E-state index contributed by atoms with van der Waals surface area (Å²) >= 11 is 0. The van der Waals surface area contributed by atoms with Gasteiger partial charge in [-0.2, -0.15) is 0 Å². The number of carbonyl (C=O) groups is 1. The molecule has 0 spiro atoms. The summed E-state index contributed by atoms with van der Waals surface area (Å²) in [4.78, 5) is 13.9. The molecule has 0 saturated carbocycles. The topological polar surface area (TPSA) is 29.5 Å². The van der Waals surface area contributed by atoms with Crippen LogP contribution in [-0.2, 0) is 16.1 Å². The van der Waals surface area contributed by atoms with Gasteiger partial charge in [-0.25, -0.2) is 4.79 Å². The van der Waals surface area contributed by atoms with Gasteiger partial charge >= 0.3 is 5.97 Å². The van der Waals surface area contributed by atoms with E-state index in [4.69, 9.17) is 4.74 Å². The lowest BCUT2D eigenvalue weighted by atomic mass is 10.1. The van der Waals surface area contributed by atoms with Crippen LogP contribution in [-0.4, -0.2) is 24.0 Å². The van der Waals surface area contributed by atoms with Gasteiger partial charge in [0.25, 0.3) is 0 Å². The van der Waals surface area contributed by atoms with E-state index in [0.29, 0.717) is 5.57 Å². The molecule has 0 saturated heterocycles. The molecule has 3 nitrogen and oxygen atoms in total. The summed E-state index contributed by atoms with van der Waals surface area (Å²) in [6, 6.07) is 10.4. The van der Waals surface area contributed by atoms with Crippen molar-refractivity contribution in [3.63, 3.8) is 0 Å². The minimum absolute atomic E-state index is 0.167. The van der Waals surface area contributed by atoms with Crippen LogP contribution in [0.15, 0.2) is 66.4 Å². The van der Waals surface area contributed by atoms with E-state index in [1.807, 2.05) is 36.6 Å². The van der Waals surface area contributed by atoms with Gasteiger partial charge in [-0.1, -0.05) is 61.9 Å². The quantitative estimate of drug-likeness (QED) is 0.590. The van der Waals surface area contributed by atoms with Crippen LogP contribution < -0.4 is 0 Å². The van der Waals surface area contributed by atoms with Gasteiger partial charge in [-0.3, -0.25) is 0 Å². The second-order valence-corrected chi connectivity index (χ2v) is 5.30. The molecule has 22 heavy (non-hydrogen) atoms. The van der Waals surface area contributed by atoms with E-state index in [1.54, 1.807) is 0 Å². The Morgan fingerprint density at radius 3 is 2.77 bits per heavy atom. The Kier molecular flexibility index (Phi) is 6.01. The first-order valence-corrected chi connectivity index (χ1v) is 7.69. The second kappa shape index (κ2) is 8.23. The number of rotatable bonds is 6. The maximum atomic E-state index is 11.7. The fourth-order valence-electron chi connectivity index (χ4n) is 2.38. The van der Waals surface area contributed by atoms with Gasteiger partial charge in [0.2, 0.25) is 0 Å². The predicted molar refractivity (Wildman–Crippen MR) is 89.1 cm³/mol. The first-order chi connectivity index (χ1) is 10.7. The summed E-state index contributed by atoms with van der Waals surface area (Å²) in [7, 11) is 1.41. The molecule has 1 aliphatic rings. The molecule has 0 N–H and O–H groups in total. The highest BCUT2D eigenvalue weighted by Crippen LogP contribution is 2.19. The van der Waals surface area contributed by atoms with Crippen LogP contribution in [0.2, 0.25) is 0 Å². The zero-order valence-corrected chi connectivity index (χ0v) is 13.2. The van der Waals surface area contributed by atoms with Gasteiger partial charge in [-0.15, -0.1) is 0 Å². The van der Waals surface area contributed by atoms with Crippen molar-refractivity contribution >= 4 is 5.97 Å². The summed E-state index contributed by atoms with van der Waals surface area (Å²) < 4.78 is 4.82. The molecule has 1 heterocycles. The largest absolute Gasteiger partial charge is 0.465 e. The van der Waals surface area contributed by atoms with Crippen LogP contribution in [0.4, 0.5) is 0 Å². The number of ether oxygens (including phenoxy) is 1. The number of hydrogen-bond donors (Lipinski definition) is 0. The van der Waals surface area contributed by atoms with E-state index in [-0.39, 0.29) is 12.0 Å². The fraction of sp³-hybridized carbons (Fsp3) is 0.316. The SMILES string of the molecule is CCC/C=C/[C@H]1C=CC(C(=O)OC)=CN1Cc1ccccc1. The normalized spacial score (nSPS) is 17.6. The third kappa shape index (κ3) is 4.35. The van der Waals surface area contributed by atoms with Gasteiger partial charge in [-0.05, 0) is 18.1 Å². The molecule has 1 aliphatic heterocycles. The zero-order chi connectivity index (χ0) is 15.8. The summed E-state index contributed by atoms with van der Waals surface area (Å²) in [5.74, 6) is -0.301. The van der Waals surface area contributed by atoms with Crippen LogP contribution in [0.25, 0.3) is 0 Å². The Hall–Kier alpha value is -2.29. The van der Waals surface area contributed by atoms with Gasteiger partial charge in [0, 0.05) is 12.7 Å². The Balaban J connectivity index is 2.18. The van der Waals surface area contributed by atoms with Crippen LogP contribution in [0, 0.1) is 0 Å². The third-order valence-corrected chi connectivity index (χ3v) is 3.58. The first kappa shape index (κ1) is 16.1. The number of hydrogen-bond acceptors (Lipinski definition) is 3. The zero-order valence-electron chi connectivity index (χ0n) is 13.2. The molecule has 1 aromatic carbocycles. The molecular formula is C19H23NO2. The molecule has 0 fully saturated rings. The van der Waals surface area contributed by atoms with Crippen molar-refractivity contribution in [3.05, 3.63) is 72.0 Å². The standard InChI is InChI=1S/C19H23NO2/c1-3-4-6-11-18-13-12-17(19(21)22-2)15-20(18)14-16-9-7-5-8-10-16/h5-13,15,18H,3-4,14H2,1-2H3/b11-6+/t18-/m0/s1. The maximum absolute atomic E-state index is 11.7. The minimum atomic E-state index is -0.301. The Labute approximate surface area is 132 Å². The van der Waals surface area contributed by atoms with Crippen molar-refractivity contribution in [3.8, 4) is 0 Å². The van der Waals surface area contributed by atoms with Gasteiger partial charge < -0.3 is 9.64 Å².